The van der Waals surface area contributed by atoms with Gasteiger partial charge < -0.3 is 5.32 Å². The maximum absolute atomic E-state index is 12.9. The number of amides is 1. The zero-order valence-corrected chi connectivity index (χ0v) is 24.9. The molecule has 1 N–H and O–H groups in total. The second-order valence-corrected chi connectivity index (χ2v) is 12.8. The predicted octanol–water partition coefficient (Wildman–Crippen LogP) is 5.20. The molecule has 2 aromatic rings. The highest BCUT2D eigenvalue weighted by atomic mass is 35.5. The third-order valence-corrected chi connectivity index (χ3v) is 8.06. The molecule has 0 spiro atoms. The lowest BCUT2D eigenvalue weighted by Gasteiger charge is -2.40. The lowest BCUT2D eigenvalue weighted by Crippen LogP contribution is -2.54. The van der Waals surface area contributed by atoms with Gasteiger partial charge in [0, 0.05) is 57.1 Å². The van der Waals surface area contributed by atoms with Crippen LogP contribution in [0.15, 0.2) is 47.4 Å². The first kappa shape index (κ1) is 33.0. The van der Waals surface area contributed by atoms with E-state index >= 15 is 0 Å². The first-order valence-electron chi connectivity index (χ1n) is 11.3. The molecule has 1 unspecified atom stereocenters. The van der Waals surface area contributed by atoms with Crippen LogP contribution in [-0.4, -0.2) is 69.1 Å². The number of halogens is 4. The van der Waals surface area contributed by atoms with Crippen molar-refractivity contribution in [3.63, 3.8) is 0 Å². The molecule has 1 atom stereocenters. The van der Waals surface area contributed by atoms with E-state index in [9.17, 15) is 13.2 Å². The smallest absolute Gasteiger partial charge is 0.251 e. The molecule has 1 heterocycles. The highest BCUT2D eigenvalue weighted by Crippen LogP contribution is 2.24. The van der Waals surface area contributed by atoms with Gasteiger partial charge in [-0.05, 0) is 47.4 Å². The molecule has 0 radical (unpaired) electrons. The molecule has 1 saturated heterocycles. The Morgan fingerprint density at radius 3 is 2.00 bits per heavy atom. The van der Waals surface area contributed by atoms with E-state index in [4.69, 9.17) is 23.2 Å². The number of carbonyl (C=O) groups excluding carboxylic acids is 1. The first-order chi connectivity index (χ1) is 15.8. The molecular weight excluding hydrogens is 564 g/mol. The van der Waals surface area contributed by atoms with Gasteiger partial charge in [-0.1, -0.05) is 50.0 Å². The number of sulfone groups is 1. The van der Waals surface area contributed by atoms with E-state index in [1.165, 1.54) is 12.1 Å². The molecule has 2 aromatic carbocycles. The van der Waals surface area contributed by atoms with Gasteiger partial charge >= 0.3 is 0 Å². The minimum absolute atomic E-state index is 0. The van der Waals surface area contributed by atoms with E-state index in [-0.39, 0.29) is 47.1 Å². The number of benzene rings is 2. The molecule has 1 amide bonds. The van der Waals surface area contributed by atoms with Crippen molar-refractivity contribution in [3.8, 4) is 0 Å². The van der Waals surface area contributed by atoms with Gasteiger partial charge in [0.05, 0.1) is 14.9 Å². The van der Waals surface area contributed by atoms with E-state index in [2.05, 4.69) is 35.9 Å². The normalized spacial score (nSPS) is 15.9. The highest BCUT2D eigenvalue weighted by molar-refractivity contribution is 7.90. The molecule has 1 aliphatic rings. The van der Waals surface area contributed by atoms with Gasteiger partial charge in [0.1, 0.15) is 0 Å². The van der Waals surface area contributed by atoms with Crippen molar-refractivity contribution in [2.75, 3.05) is 39.0 Å². The maximum Gasteiger partial charge on any atom is 0.251 e. The van der Waals surface area contributed by atoms with Crippen molar-refractivity contribution in [3.05, 3.63) is 63.6 Å². The summed E-state index contributed by atoms with van der Waals surface area (Å²) in [4.78, 5) is 17.9. The van der Waals surface area contributed by atoms with Gasteiger partial charge in [0.15, 0.2) is 9.84 Å². The minimum atomic E-state index is -3.29. The second-order valence-electron chi connectivity index (χ2n) is 10.0. The monoisotopic (exact) mass is 597 g/mol. The van der Waals surface area contributed by atoms with Crippen molar-refractivity contribution in [2.45, 2.75) is 38.3 Å². The van der Waals surface area contributed by atoms with Crippen molar-refractivity contribution < 1.29 is 13.2 Å². The van der Waals surface area contributed by atoms with Crippen molar-refractivity contribution in [2.24, 2.45) is 5.41 Å². The van der Waals surface area contributed by atoms with Crippen molar-refractivity contribution in [1.29, 1.82) is 0 Å². The third-order valence-electron chi connectivity index (χ3n) is 6.19. The lowest BCUT2D eigenvalue weighted by atomic mass is 9.86. The Kier molecular flexibility index (Phi) is 12.5. The predicted molar refractivity (Wildman–Crippen MR) is 153 cm³/mol. The SMILES string of the molecule is CC(C)(C)C(CN1CCN(Cc2ccc(Cl)c(Cl)c2)CC1)NC(=O)c1ccc(S(C)(=O)=O)cc1.Cl.Cl. The average Bonchev–Trinajstić information content (AvgIpc) is 2.76. The Morgan fingerprint density at radius 2 is 1.50 bits per heavy atom. The summed E-state index contributed by atoms with van der Waals surface area (Å²) < 4.78 is 23.4. The number of hydrogen-bond donors (Lipinski definition) is 1. The molecule has 6 nitrogen and oxygen atoms in total. The van der Waals surface area contributed by atoms with Crippen LogP contribution < -0.4 is 5.32 Å². The topological polar surface area (TPSA) is 69.7 Å². The molecule has 0 bridgehead atoms. The summed E-state index contributed by atoms with van der Waals surface area (Å²) >= 11 is 12.2. The molecule has 3 rings (SSSR count). The van der Waals surface area contributed by atoms with Crippen LogP contribution in [0.5, 0.6) is 0 Å². The fourth-order valence-corrected chi connectivity index (χ4v) is 4.87. The van der Waals surface area contributed by atoms with E-state index in [0.717, 1.165) is 51.1 Å². The van der Waals surface area contributed by atoms with Gasteiger partial charge in [0.2, 0.25) is 0 Å². The number of rotatable bonds is 7. The lowest BCUT2D eigenvalue weighted by molar-refractivity contribution is 0.0790. The molecule has 0 saturated carbocycles. The number of piperazine rings is 1. The maximum atomic E-state index is 12.9. The van der Waals surface area contributed by atoms with Crippen LogP contribution in [0.3, 0.4) is 0 Å². The van der Waals surface area contributed by atoms with Gasteiger partial charge in [0.25, 0.3) is 5.91 Å². The van der Waals surface area contributed by atoms with Gasteiger partial charge in [-0.3, -0.25) is 14.6 Å². The molecule has 0 aromatic heterocycles. The van der Waals surface area contributed by atoms with E-state index < -0.39 is 9.84 Å². The highest BCUT2D eigenvalue weighted by Gasteiger charge is 2.30. The summed E-state index contributed by atoms with van der Waals surface area (Å²) in [6.45, 7) is 11.6. The summed E-state index contributed by atoms with van der Waals surface area (Å²) in [5.74, 6) is -0.196. The summed E-state index contributed by atoms with van der Waals surface area (Å²) in [5, 5.41) is 4.31. The molecule has 11 heteroatoms. The van der Waals surface area contributed by atoms with Gasteiger partial charge in [-0.15, -0.1) is 24.8 Å². The second kappa shape index (κ2) is 13.7. The van der Waals surface area contributed by atoms with Crippen LogP contribution in [0.4, 0.5) is 0 Å². The Bertz CT molecular complexity index is 1110. The van der Waals surface area contributed by atoms with Crippen LogP contribution in [0.2, 0.25) is 10.0 Å². The van der Waals surface area contributed by atoms with Crippen LogP contribution in [-0.2, 0) is 16.4 Å². The quantitative estimate of drug-likeness (QED) is 0.474. The minimum Gasteiger partial charge on any atom is -0.347 e. The Balaban J connectivity index is 0.00000324. The largest absolute Gasteiger partial charge is 0.347 e. The molecule has 1 fully saturated rings. The van der Waals surface area contributed by atoms with Crippen molar-refractivity contribution in [1.82, 2.24) is 15.1 Å². The molecule has 202 valence electrons. The number of nitrogens with zero attached hydrogens (tertiary/aromatic N) is 2. The molecular formula is C25H35Cl4N3O3S. The molecule has 36 heavy (non-hydrogen) atoms. The summed E-state index contributed by atoms with van der Waals surface area (Å²) in [6.07, 6.45) is 1.15. The third kappa shape index (κ3) is 9.35. The molecule has 0 aliphatic carbocycles. The molecule has 1 aliphatic heterocycles. The number of hydrogen-bond acceptors (Lipinski definition) is 5. The van der Waals surface area contributed by atoms with Crippen LogP contribution in [0, 0.1) is 5.41 Å². The van der Waals surface area contributed by atoms with E-state index in [0.29, 0.717) is 15.6 Å². The van der Waals surface area contributed by atoms with Crippen LogP contribution in [0.25, 0.3) is 0 Å². The van der Waals surface area contributed by atoms with Crippen LogP contribution >= 0.6 is 48.0 Å². The van der Waals surface area contributed by atoms with Gasteiger partial charge in [-0.2, -0.15) is 0 Å². The first-order valence-corrected chi connectivity index (χ1v) is 14.0. The fraction of sp³-hybridized carbons (Fsp3) is 0.480. The van der Waals surface area contributed by atoms with E-state index in [1.54, 1.807) is 12.1 Å². The number of nitrogens with one attached hydrogen (secondary N) is 1. The summed E-state index contributed by atoms with van der Waals surface area (Å²) in [6, 6.07) is 11.8. The Morgan fingerprint density at radius 1 is 0.944 bits per heavy atom. The van der Waals surface area contributed by atoms with Gasteiger partial charge in [-0.25, -0.2) is 8.42 Å². The van der Waals surface area contributed by atoms with Crippen LogP contribution in [0.1, 0.15) is 36.7 Å². The zero-order valence-electron chi connectivity index (χ0n) is 21.0. The van der Waals surface area contributed by atoms with Crippen molar-refractivity contribution >= 4 is 63.8 Å². The average molecular weight is 599 g/mol. The standard InChI is InChI=1S/C25H33Cl2N3O3S.2ClH/c1-25(2,3)23(28-24(31)19-6-8-20(9-7-19)34(4,32)33)17-30-13-11-29(12-14-30)16-18-5-10-21(26)22(27)15-18;;/h5-10,15,23H,11-14,16-17H2,1-4H3,(H,28,31);2*1H. The Hall–Kier alpha value is -1.06. The fourth-order valence-electron chi connectivity index (χ4n) is 3.92. The van der Waals surface area contributed by atoms with E-state index in [1.807, 2.05) is 18.2 Å². The summed E-state index contributed by atoms with van der Waals surface area (Å²) in [5.41, 5.74) is 1.46. The zero-order chi connectivity index (χ0) is 25.1. The Labute approximate surface area is 237 Å². The number of carbonyl (C=O) groups is 1. The summed E-state index contributed by atoms with van der Waals surface area (Å²) in [7, 11) is -3.29.